The summed E-state index contributed by atoms with van der Waals surface area (Å²) >= 11 is 0. The Hall–Kier alpha value is -4.00. The lowest BCUT2D eigenvalue weighted by molar-refractivity contribution is 0.102. The van der Waals surface area contributed by atoms with Gasteiger partial charge in [-0.1, -0.05) is 37.1 Å². The summed E-state index contributed by atoms with van der Waals surface area (Å²) in [5.41, 5.74) is 3.03. The van der Waals surface area contributed by atoms with Gasteiger partial charge in [-0.2, -0.15) is 4.98 Å². The molecular formula is C27H26FN5O. The van der Waals surface area contributed by atoms with E-state index in [-0.39, 0.29) is 11.7 Å². The van der Waals surface area contributed by atoms with Gasteiger partial charge in [0.25, 0.3) is 5.91 Å². The molecule has 172 valence electrons. The average Bonchev–Trinajstić information content (AvgIpc) is 3.37. The van der Waals surface area contributed by atoms with Gasteiger partial charge in [-0.15, -0.1) is 0 Å². The maximum absolute atomic E-state index is 13.1. The van der Waals surface area contributed by atoms with Crippen LogP contribution in [-0.2, 0) is 6.54 Å². The molecule has 34 heavy (non-hydrogen) atoms. The Balaban J connectivity index is 1.26. The number of rotatable bonds is 7. The van der Waals surface area contributed by atoms with E-state index in [4.69, 9.17) is 9.97 Å². The van der Waals surface area contributed by atoms with Gasteiger partial charge in [-0.25, -0.2) is 9.37 Å². The Bertz CT molecular complexity index is 1280. The Morgan fingerprint density at radius 2 is 1.65 bits per heavy atom. The number of benzene rings is 3. The van der Waals surface area contributed by atoms with Crippen molar-refractivity contribution in [3.63, 3.8) is 0 Å². The molecule has 1 amide bonds. The van der Waals surface area contributed by atoms with E-state index in [1.54, 1.807) is 0 Å². The number of amides is 1. The topological polar surface area (TPSA) is 78.9 Å². The van der Waals surface area contributed by atoms with Crippen molar-refractivity contribution in [1.82, 2.24) is 9.97 Å². The second kappa shape index (κ2) is 9.87. The number of carbonyl (C=O) groups excluding carboxylic acids is 1. The highest BCUT2D eigenvalue weighted by Gasteiger charge is 2.17. The molecule has 1 fully saturated rings. The number of halogens is 1. The van der Waals surface area contributed by atoms with Crippen molar-refractivity contribution < 1.29 is 9.18 Å². The smallest absolute Gasteiger partial charge is 0.255 e. The van der Waals surface area contributed by atoms with E-state index >= 15 is 0 Å². The number of carbonyl (C=O) groups is 1. The first-order chi connectivity index (χ1) is 16.6. The van der Waals surface area contributed by atoms with Gasteiger partial charge in [-0.05, 0) is 66.9 Å². The molecule has 0 aliphatic heterocycles. The highest BCUT2D eigenvalue weighted by atomic mass is 19.1. The Kier molecular flexibility index (Phi) is 6.33. The third-order valence-corrected chi connectivity index (χ3v) is 6.07. The third kappa shape index (κ3) is 5.14. The monoisotopic (exact) mass is 455 g/mol. The van der Waals surface area contributed by atoms with E-state index < -0.39 is 0 Å². The molecule has 5 rings (SSSR count). The minimum atomic E-state index is -0.369. The standard InChI is InChI=1S/C27H26FN5O/c28-20-13-11-19(12-14-20)26(34)30-22-15-9-18(10-16-22)17-29-25-23-7-3-4-8-24(23)32-27(33-25)31-21-5-1-2-6-21/h3-4,7-16,21H,1-2,5-6,17H2,(H,30,34)(H2,29,31,32,33). The lowest BCUT2D eigenvalue weighted by atomic mass is 10.1. The fourth-order valence-corrected chi connectivity index (χ4v) is 4.22. The molecule has 0 unspecified atom stereocenters. The van der Waals surface area contributed by atoms with Crippen molar-refractivity contribution in [3.8, 4) is 0 Å². The van der Waals surface area contributed by atoms with Gasteiger partial charge >= 0.3 is 0 Å². The molecule has 1 aliphatic rings. The van der Waals surface area contributed by atoms with Crippen LogP contribution < -0.4 is 16.0 Å². The van der Waals surface area contributed by atoms with Gasteiger partial charge in [-0.3, -0.25) is 4.79 Å². The summed E-state index contributed by atoms with van der Waals surface area (Å²) in [5.74, 6) is 0.804. The Morgan fingerprint density at radius 3 is 2.41 bits per heavy atom. The zero-order chi connectivity index (χ0) is 23.3. The van der Waals surface area contributed by atoms with Crippen molar-refractivity contribution in [1.29, 1.82) is 0 Å². The van der Waals surface area contributed by atoms with Crippen molar-refractivity contribution in [2.45, 2.75) is 38.3 Å². The van der Waals surface area contributed by atoms with E-state index in [2.05, 4.69) is 16.0 Å². The van der Waals surface area contributed by atoms with Crippen LogP contribution in [0.2, 0.25) is 0 Å². The number of hydrogen-bond acceptors (Lipinski definition) is 5. The van der Waals surface area contributed by atoms with Crippen LogP contribution in [0.5, 0.6) is 0 Å². The molecule has 3 aromatic carbocycles. The van der Waals surface area contributed by atoms with Gasteiger partial charge in [0.05, 0.1) is 5.52 Å². The molecule has 7 heteroatoms. The number of anilines is 3. The van der Waals surface area contributed by atoms with Crippen molar-refractivity contribution >= 4 is 34.3 Å². The van der Waals surface area contributed by atoms with Gasteiger partial charge in [0.2, 0.25) is 5.95 Å². The maximum atomic E-state index is 13.1. The first-order valence-corrected chi connectivity index (χ1v) is 11.6. The highest BCUT2D eigenvalue weighted by molar-refractivity contribution is 6.04. The van der Waals surface area contributed by atoms with Gasteiger partial charge in [0.1, 0.15) is 11.6 Å². The minimum absolute atomic E-state index is 0.277. The van der Waals surface area contributed by atoms with Crippen LogP contribution >= 0.6 is 0 Å². The lowest BCUT2D eigenvalue weighted by Crippen LogP contribution is -2.17. The van der Waals surface area contributed by atoms with Crippen molar-refractivity contribution in [3.05, 3.63) is 89.7 Å². The molecule has 0 spiro atoms. The molecule has 1 aromatic heterocycles. The molecule has 1 heterocycles. The summed E-state index contributed by atoms with van der Waals surface area (Å²) in [5, 5.41) is 10.7. The molecule has 3 N–H and O–H groups in total. The summed E-state index contributed by atoms with van der Waals surface area (Å²) in [6.45, 7) is 0.579. The molecule has 0 atom stereocenters. The first kappa shape index (κ1) is 21.8. The highest BCUT2D eigenvalue weighted by Crippen LogP contribution is 2.25. The SMILES string of the molecule is O=C(Nc1ccc(CNc2nc(NC3CCCC3)nc3ccccc23)cc1)c1ccc(F)cc1. The fraction of sp³-hybridized carbons (Fsp3) is 0.222. The summed E-state index contributed by atoms with van der Waals surface area (Å²) in [6.07, 6.45) is 4.80. The number of para-hydroxylation sites is 1. The summed E-state index contributed by atoms with van der Waals surface area (Å²) in [7, 11) is 0. The molecule has 1 aliphatic carbocycles. The molecule has 1 saturated carbocycles. The largest absolute Gasteiger partial charge is 0.365 e. The molecule has 0 saturated heterocycles. The zero-order valence-electron chi connectivity index (χ0n) is 18.7. The van der Waals surface area contributed by atoms with E-state index in [1.807, 2.05) is 48.5 Å². The van der Waals surface area contributed by atoms with Crippen LogP contribution in [0.15, 0.2) is 72.8 Å². The van der Waals surface area contributed by atoms with E-state index in [0.29, 0.717) is 29.8 Å². The quantitative estimate of drug-likeness (QED) is 0.319. The number of hydrogen-bond donors (Lipinski definition) is 3. The van der Waals surface area contributed by atoms with Gasteiger partial charge in [0, 0.05) is 29.2 Å². The molecule has 0 bridgehead atoms. The van der Waals surface area contributed by atoms with E-state index in [0.717, 1.165) is 35.1 Å². The fourth-order valence-electron chi connectivity index (χ4n) is 4.22. The normalized spacial score (nSPS) is 13.7. The number of aromatic nitrogens is 2. The van der Waals surface area contributed by atoms with E-state index in [1.165, 1.54) is 37.1 Å². The molecular weight excluding hydrogens is 429 g/mol. The summed E-state index contributed by atoms with van der Waals surface area (Å²) in [4.78, 5) is 21.8. The van der Waals surface area contributed by atoms with Crippen molar-refractivity contribution in [2.75, 3.05) is 16.0 Å². The second-order valence-corrected chi connectivity index (χ2v) is 8.55. The average molecular weight is 456 g/mol. The van der Waals surface area contributed by atoms with Crippen LogP contribution in [-0.4, -0.2) is 21.9 Å². The van der Waals surface area contributed by atoms with Crippen molar-refractivity contribution in [2.24, 2.45) is 0 Å². The first-order valence-electron chi connectivity index (χ1n) is 11.6. The van der Waals surface area contributed by atoms with Gasteiger partial charge < -0.3 is 16.0 Å². The van der Waals surface area contributed by atoms with Crippen LogP contribution in [0, 0.1) is 5.82 Å². The summed E-state index contributed by atoms with van der Waals surface area (Å²) in [6, 6.07) is 21.5. The van der Waals surface area contributed by atoms with E-state index in [9.17, 15) is 9.18 Å². The number of nitrogens with one attached hydrogen (secondary N) is 3. The lowest BCUT2D eigenvalue weighted by Gasteiger charge is -2.15. The third-order valence-electron chi connectivity index (χ3n) is 6.07. The minimum Gasteiger partial charge on any atom is -0.365 e. The predicted molar refractivity (Wildman–Crippen MR) is 134 cm³/mol. The van der Waals surface area contributed by atoms with Crippen LogP contribution in [0.3, 0.4) is 0 Å². The molecule has 0 radical (unpaired) electrons. The number of nitrogens with zero attached hydrogens (tertiary/aromatic N) is 2. The van der Waals surface area contributed by atoms with Gasteiger partial charge in [0.15, 0.2) is 0 Å². The van der Waals surface area contributed by atoms with Crippen LogP contribution in [0.4, 0.5) is 21.8 Å². The second-order valence-electron chi connectivity index (χ2n) is 8.55. The molecule has 6 nitrogen and oxygen atoms in total. The Morgan fingerprint density at radius 1 is 0.912 bits per heavy atom. The number of fused-ring (bicyclic) bond motifs is 1. The summed E-state index contributed by atoms with van der Waals surface area (Å²) < 4.78 is 13.1. The van der Waals surface area contributed by atoms with Crippen LogP contribution in [0.1, 0.15) is 41.6 Å². The Labute approximate surface area is 197 Å². The molecule has 4 aromatic rings. The predicted octanol–water partition coefficient (Wildman–Crippen LogP) is 5.99. The zero-order valence-corrected chi connectivity index (χ0v) is 18.7. The maximum Gasteiger partial charge on any atom is 0.255 e. The van der Waals surface area contributed by atoms with Crippen LogP contribution in [0.25, 0.3) is 10.9 Å².